The van der Waals surface area contributed by atoms with Gasteiger partial charge in [0.15, 0.2) is 0 Å². The van der Waals surface area contributed by atoms with Crippen LogP contribution in [0.2, 0.25) is 0 Å². The molecule has 0 aliphatic carbocycles. The SMILES string of the molecule is CCOc1ccc(F)cc1C(CN)C1CN2CCC1CC2. The Morgan fingerprint density at radius 1 is 1.38 bits per heavy atom. The van der Waals surface area contributed by atoms with Crippen molar-refractivity contribution in [3.8, 4) is 5.75 Å². The zero-order valence-electron chi connectivity index (χ0n) is 12.7. The molecular weight excluding hydrogens is 267 g/mol. The zero-order chi connectivity index (χ0) is 14.8. The molecule has 2 atom stereocenters. The summed E-state index contributed by atoms with van der Waals surface area (Å²) in [6, 6.07) is 4.84. The molecule has 3 fully saturated rings. The van der Waals surface area contributed by atoms with Crippen LogP contribution in [0.4, 0.5) is 4.39 Å². The molecule has 0 amide bonds. The topological polar surface area (TPSA) is 38.5 Å². The van der Waals surface area contributed by atoms with E-state index in [9.17, 15) is 4.39 Å². The second-order valence-electron chi connectivity index (χ2n) is 6.26. The van der Waals surface area contributed by atoms with Gasteiger partial charge in [0.25, 0.3) is 0 Å². The van der Waals surface area contributed by atoms with E-state index in [1.165, 1.54) is 32.0 Å². The van der Waals surface area contributed by atoms with E-state index >= 15 is 0 Å². The van der Waals surface area contributed by atoms with Gasteiger partial charge in [-0.15, -0.1) is 0 Å². The summed E-state index contributed by atoms with van der Waals surface area (Å²) in [4.78, 5) is 2.52. The van der Waals surface area contributed by atoms with E-state index in [4.69, 9.17) is 10.5 Å². The van der Waals surface area contributed by atoms with E-state index in [1.54, 1.807) is 12.1 Å². The van der Waals surface area contributed by atoms with Crippen LogP contribution in [0.3, 0.4) is 0 Å². The minimum atomic E-state index is -0.201. The predicted octanol–water partition coefficient (Wildman–Crippen LogP) is 2.61. The smallest absolute Gasteiger partial charge is 0.123 e. The molecule has 3 aliphatic rings. The van der Waals surface area contributed by atoms with Gasteiger partial charge in [-0.1, -0.05) is 0 Å². The van der Waals surface area contributed by atoms with Crippen LogP contribution < -0.4 is 10.5 Å². The minimum Gasteiger partial charge on any atom is -0.494 e. The van der Waals surface area contributed by atoms with Crippen LogP contribution in [-0.2, 0) is 0 Å². The van der Waals surface area contributed by atoms with Crippen molar-refractivity contribution in [1.29, 1.82) is 0 Å². The summed E-state index contributed by atoms with van der Waals surface area (Å²) in [5, 5.41) is 0. The fourth-order valence-electron chi connectivity index (χ4n) is 4.10. The molecule has 1 aromatic rings. The number of nitrogens with zero attached hydrogens (tertiary/aromatic N) is 1. The first-order valence-electron chi connectivity index (χ1n) is 8.07. The Bertz CT molecular complexity index is 486. The quantitative estimate of drug-likeness (QED) is 0.906. The molecule has 2 N–H and O–H groups in total. The molecule has 0 spiro atoms. The number of ether oxygens (including phenoxy) is 1. The Balaban J connectivity index is 1.90. The Morgan fingerprint density at radius 2 is 2.14 bits per heavy atom. The zero-order valence-corrected chi connectivity index (χ0v) is 12.7. The number of piperidine rings is 3. The van der Waals surface area contributed by atoms with Crippen molar-refractivity contribution in [2.45, 2.75) is 25.7 Å². The first kappa shape index (κ1) is 14.8. The fourth-order valence-corrected chi connectivity index (χ4v) is 4.10. The number of rotatable bonds is 5. The number of benzene rings is 1. The summed E-state index contributed by atoms with van der Waals surface area (Å²) in [5.74, 6) is 2.04. The molecular formula is C17H25FN2O. The van der Waals surface area contributed by atoms with E-state index in [0.717, 1.165) is 23.8 Å². The van der Waals surface area contributed by atoms with Crippen molar-refractivity contribution in [2.75, 3.05) is 32.8 Å². The third-order valence-electron chi connectivity index (χ3n) is 5.15. The monoisotopic (exact) mass is 292 g/mol. The molecule has 1 aromatic carbocycles. The highest BCUT2D eigenvalue weighted by Gasteiger charge is 2.39. The molecule has 116 valence electrons. The van der Waals surface area contributed by atoms with Crippen LogP contribution in [0.1, 0.15) is 31.2 Å². The summed E-state index contributed by atoms with van der Waals surface area (Å²) in [5.41, 5.74) is 7.04. The molecule has 4 heteroatoms. The number of hydrogen-bond donors (Lipinski definition) is 1. The lowest BCUT2D eigenvalue weighted by Crippen LogP contribution is -2.50. The highest BCUT2D eigenvalue weighted by Crippen LogP contribution is 2.42. The van der Waals surface area contributed by atoms with Crippen LogP contribution in [0.15, 0.2) is 18.2 Å². The van der Waals surface area contributed by atoms with E-state index < -0.39 is 0 Å². The van der Waals surface area contributed by atoms with Crippen molar-refractivity contribution >= 4 is 0 Å². The lowest BCUT2D eigenvalue weighted by molar-refractivity contribution is 0.0374. The summed E-state index contributed by atoms with van der Waals surface area (Å²) < 4.78 is 19.4. The summed E-state index contributed by atoms with van der Waals surface area (Å²) in [6.45, 7) is 6.61. The molecule has 3 saturated heterocycles. The fraction of sp³-hybridized carbons (Fsp3) is 0.647. The van der Waals surface area contributed by atoms with Crippen LogP contribution >= 0.6 is 0 Å². The highest BCUT2D eigenvalue weighted by atomic mass is 19.1. The van der Waals surface area contributed by atoms with Gasteiger partial charge in [0.1, 0.15) is 11.6 Å². The summed E-state index contributed by atoms with van der Waals surface area (Å²) in [7, 11) is 0. The lowest BCUT2D eigenvalue weighted by atomic mass is 9.70. The van der Waals surface area contributed by atoms with Gasteiger partial charge in [-0.3, -0.25) is 0 Å². The molecule has 3 aliphatic heterocycles. The van der Waals surface area contributed by atoms with Crippen LogP contribution in [0, 0.1) is 17.7 Å². The van der Waals surface area contributed by atoms with Crippen molar-refractivity contribution in [1.82, 2.24) is 4.90 Å². The Labute approximate surface area is 126 Å². The lowest BCUT2D eigenvalue weighted by Gasteiger charge is -2.47. The van der Waals surface area contributed by atoms with Crippen LogP contribution in [0.5, 0.6) is 5.75 Å². The van der Waals surface area contributed by atoms with Crippen molar-refractivity contribution < 1.29 is 9.13 Å². The van der Waals surface area contributed by atoms with Gasteiger partial charge < -0.3 is 15.4 Å². The van der Waals surface area contributed by atoms with Gasteiger partial charge in [-0.2, -0.15) is 0 Å². The third-order valence-corrected chi connectivity index (χ3v) is 5.15. The molecule has 0 saturated carbocycles. The standard InChI is InChI=1S/C17H25FN2O/c1-2-21-17-4-3-13(18)9-14(17)15(10-19)16-11-20-7-5-12(16)6-8-20/h3-4,9,12,15-16H,2,5-8,10-11,19H2,1H3. The van der Waals surface area contributed by atoms with Gasteiger partial charge >= 0.3 is 0 Å². The first-order valence-corrected chi connectivity index (χ1v) is 8.07. The maximum Gasteiger partial charge on any atom is 0.123 e. The van der Waals surface area contributed by atoms with Crippen LogP contribution in [-0.4, -0.2) is 37.7 Å². The van der Waals surface area contributed by atoms with Gasteiger partial charge in [-0.05, 0) is 69.4 Å². The molecule has 3 heterocycles. The van der Waals surface area contributed by atoms with E-state index in [-0.39, 0.29) is 11.7 Å². The molecule has 4 rings (SSSR count). The van der Waals surface area contributed by atoms with Gasteiger partial charge in [0.2, 0.25) is 0 Å². The largest absolute Gasteiger partial charge is 0.494 e. The average Bonchev–Trinajstić information content (AvgIpc) is 2.52. The second kappa shape index (κ2) is 6.32. The van der Waals surface area contributed by atoms with Crippen molar-refractivity contribution in [2.24, 2.45) is 17.6 Å². The maximum atomic E-state index is 13.7. The normalized spacial score (nSPS) is 29.4. The Hall–Kier alpha value is -1.13. The maximum absolute atomic E-state index is 13.7. The van der Waals surface area contributed by atoms with Gasteiger partial charge in [0, 0.05) is 18.0 Å². The van der Waals surface area contributed by atoms with Gasteiger partial charge in [0.05, 0.1) is 6.61 Å². The predicted molar refractivity (Wildman–Crippen MR) is 82.0 cm³/mol. The molecule has 2 unspecified atom stereocenters. The third kappa shape index (κ3) is 2.92. The number of hydrogen-bond acceptors (Lipinski definition) is 3. The summed E-state index contributed by atoms with van der Waals surface area (Å²) >= 11 is 0. The highest BCUT2D eigenvalue weighted by molar-refractivity contribution is 5.38. The van der Waals surface area contributed by atoms with Gasteiger partial charge in [-0.25, -0.2) is 4.39 Å². The average molecular weight is 292 g/mol. The van der Waals surface area contributed by atoms with E-state index in [0.29, 0.717) is 19.1 Å². The number of fused-ring (bicyclic) bond motifs is 3. The number of halogens is 1. The molecule has 3 nitrogen and oxygen atoms in total. The van der Waals surface area contributed by atoms with Crippen LogP contribution in [0.25, 0.3) is 0 Å². The summed E-state index contributed by atoms with van der Waals surface area (Å²) in [6.07, 6.45) is 2.50. The second-order valence-corrected chi connectivity index (χ2v) is 6.26. The minimum absolute atomic E-state index is 0.190. The Morgan fingerprint density at radius 3 is 2.71 bits per heavy atom. The molecule has 2 bridgehead atoms. The molecule has 21 heavy (non-hydrogen) atoms. The molecule has 0 aromatic heterocycles. The Kier molecular flexibility index (Phi) is 4.45. The number of nitrogens with two attached hydrogens (primary N) is 1. The first-order chi connectivity index (χ1) is 10.2. The van der Waals surface area contributed by atoms with E-state index in [1.807, 2.05) is 6.92 Å². The molecule has 0 radical (unpaired) electrons. The van der Waals surface area contributed by atoms with Crippen molar-refractivity contribution in [3.05, 3.63) is 29.6 Å². The van der Waals surface area contributed by atoms with E-state index in [2.05, 4.69) is 4.90 Å². The van der Waals surface area contributed by atoms with Crippen molar-refractivity contribution in [3.63, 3.8) is 0 Å².